The molecule has 1 aromatic heterocycles. The van der Waals surface area contributed by atoms with Crippen molar-refractivity contribution in [3.63, 3.8) is 0 Å². The highest BCUT2D eigenvalue weighted by Gasteiger charge is 2.21. The molecule has 4 rings (SSSR count). The van der Waals surface area contributed by atoms with Crippen molar-refractivity contribution in [1.82, 2.24) is 9.97 Å². The van der Waals surface area contributed by atoms with Gasteiger partial charge in [-0.15, -0.1) is 0 Å². The summed E-state index contributed by atoms with van der Waals surface area (Å²) < 4.78 is 0. The Hall–Kier alpha value is -2.74. The molecule has 24 heavy (non-hydrogen) atoms. The minimum absolute atomic E-state index is 0.103. The van der Waals surface area contributed by atoms with Gasteiger partial charge < -0.3 is 0 Å². The van der Waals surface area contributed by atoms with Gasteiger partial charge in [-0.05, 0) is 11.5 Å². The number of hydrogen-bond donors (Lipinski definition) is 0. The third-order valence-corrected chi connectivity index (χ3v) is 4.31. The summed E-state index contributed by atoms with van der Waals surface area (Å²) in [6.45, 7) is 6.48. The van der Waals surface area contributed by atoms with E-state index in [-0.39, 0.29) is 5.41 Å². The van der Waals surface area contributed by atoms with Crippen LogP contribution < -0.4 is 0 Å². The normalized spacial score (nSPS) is 12.0. The van der Waals surface area contributed by atoms with Crippen molar-refractivity contribution < 1.29 is 0 Å². The van der Waals surface area contributed by atoms with E-state index in [0.717, 1.165) is 28.0 Å². The van der Waals surface area contributed by atoms with Crippen LogP contribution in [0.4, 0.5) is 0 Å². The third-order valence-electron chi connectivity index (χ3n) is 4.31. The van der Waals surface area contributed by atoms with E-state index >= 15 is 0 Å². The highest BCUT2D eigenvalue weighted by atomic mass is 14.9. The van der Waals surface area contributed by atoms with Gasteiger partial charge in [0.15, 0.2) is 0 Å². The molecule has 0 saturated carbocycles. The standard InChI is InChI=1S/C22H20N2/c1-22(2,3)21-23-19(16-10-5-4-6-11-16)18-14-13-15-9-7-8-12-17(15)20(18)24-21/h4-14H,1-3H3. The van der Waals surface area contributed by atoms with Gasteiger partial charge in [-0.1, -0.05) is 81.4 Å². The largest absolute Gasteiger partial charge is 0.232 e. The monoisotopic (exact) mass is 312 g/mol. The predicted molar refractivity (Wildman–Crippen MR) is 101 cm³/mol. The van der Waals surface area contributed by atoms with Gasteiger partial charge in [0.2, 0.25) is 0 Å². The molecule has 3 aromatic carbocycles. The molecule has 0 fully saturated rings. The van der Waals surface area contributed by atoms with Crippen molar-refractivity contribution >= 4 is 21.7 Å². The minimum Gasteiger partial charge on any atom is -0.232 e. The summed E-state index contributed by atoms with van der Waals surface area (Å²) in [6.07, 6.45) is 0. The van der Waals surface area contributed by atoms with E-state index in [9.17, 15) is 0 Å². The van der Waals surface area contributed by atoms with E-state index in [1.807, 2.05) is 6.07 Å². The molecule has 0 N–H and O–H groups in total. The van der Waals surface area contributed by atoms with E-state index in [0.29, 0.717) is 0 Å². The van der Waals surface area contributed by atoms with Gasteiger partial charge in [0.25, 0.3) is 0 Å². The smallest absolute Gasteiger partial charge is 0.135 e. The first-order chi connectivity index (χ1) is 11.5. The molecule has 0 amide bonds. The number of nitrogens with zero attached hydrogens (tertiary/aromatic N) is 2. The minimum atomic E-state index is -0.103. The molecule has 0 aliphatic rings. The Balaban J connectivity index is 2.16. The van der Waals surface area contributed by atoms with Crippen LogP contribution in [0.1, 0.15) is 26.6 Å². The van der Waals surface area contributed by atoms with Crippen molar-refractivity contribution in [2.45, 2.75) is 26.2 Å². The topological polar surface area (TPSA) is 25.8 Å². The lowest BCUT2D eigenvalue weighted by atomic mass is 9.94. The number of fused-ring (bicyclic) bond motifs is 3. The van der Waals surface area contributed by atoms with E-state index in [1.165, 1.54) is 10.8 Å². The maximum Gasteiger partial charge on any atom is 0.135 e. The van der Waals surface area contributed by atoms with Gasteiger partial charge in [-0.25, -0.2) is 9.97 Å². The van der Waals surface area contributed by atoms with Gasteiger partial charge in [0, 0.05) is 21.8 Å². The molecule has 2 heteroatoms. The third kappa shape index (κ3) is 2.44. The zero-order valence-electron chi connectivity index (χ0n) is 14.2. The second-order valence-electron chi connectivity index (χ2n) is 7.19. The molecule has 0 radical (unpaired) electrons. The molecule has 0 spiro atoms. The van der Waals surface area contributed by atoms with Gasteiger partial charge in [0.05, 0.1) is 11.2 Å². The second-order valence-corrected chi connectivity index (χ2v) is 7.19. The summed E-state index contributed by atoms with van der Waals surface area (Å²) in [5.41, 5.74) is 3.07. The van der Waals surface area contributed by atoms with Crippen LogP contribution in [0.5, 0.6) is 0 Å². The summed E-state index contributed by atoms with van der Waals surface area (Å²) in [7, 11) is 0. The molecule has 118 valence electrons. The molecular formula is C22H20N2. The number of benzene rings is 3. The number of rotatable bonds is 1. The summed E-state index contributed by atoms with van der Waals surface area (Å²) in [6, 6.07) is 23.1. The van der Waals surface area contributed by atoms with Crippen molar-refractivity contribution in [2.75, 3.05) is 0 Å². The number of hydrogen-bond acceptors (Lipinski definition) is 2. The average Bonchev–Trinajstić information content (AvgIpc) is 2.60. The summed E-state index contributed by atoms with van der Waals surface area (Å²) in [4.78, 5) is 9.89. The Kier molecular flexibility index (Phi) is 3.34. The van der Waals surface area contributed by atoms with Crippen LogP contribution in [0.2, 0.25) is 0 Å². The lowest BCUT2D eigenvalue weighted by Crippen LogP contribution is -2.16. The van der Waals surface area contributed by atoms with Crippen molar-refractivity contribution in [3.05, 3.63) is 72.6 Å². The molecular weight excluding hydrogens is 292 g/mol. The van der Waals surface area contributed by atoms with Crippen LogP contribution in [0.25, 0.3) is 32.9 Å². The molecule has 2 nitrogen and oxygen atoms in total. The van der Waals surface area contributed by atoms with Gasteiger partial charge in [-0.2, -0.15) is 0 Å². The van der Waals surface area contributed by atoms with Crippen LogP contribution in [0, 0.1) is 0 Å². The molecule has 0 aliphatic heterocycles. The Morgan fingerprint density at radius 1 is 0.667 bits per heavy atom. The van der Waals surface area contributed by atoms with Crippen molar-refractivity contribution in [3.8, 4) is 11.3 Å². The Morgan fingerprint density at radius 2 is 1.38 bits per heavy atom. The molecule has 0 aliphatic carbocycles. The summed E-state index contributed by atoms with van der Waals surface area (Å²) in [5, 5.41) is 3.50. The fraction of sp³-hybridized carbons (Fsp3) is 0.182. The Bertz CT molecular complexity index is 1030. The van der Waals surface area contributed by atoms with Crippen molar-refractivity contribution in [2.24, 2.45) is 0 Å². The van der Waals surface area contributed by atoms with Crippen LogP contribution in [0.15, 0.2) is 66.7 Å². The second kappa shape index (κ2) is 5.41. The molecule has 0 unspecified atom stereocenters. The first-order valence-corrected chi connectivity index (χ1v) is 8.29. The maximum atomic E-state index is 4.95. The fourth-order valence-corrected chi connectivity index (χ4v) is 3.02. The lowest BCUT2D eigenvalue weighted by molar-refractivity contribution is 0.549. The molecule has 4 aromatic rings. The highest BCUT2D eigenvalue weighted by molar-refractivity contribution is 6.09. The van der Waals surface area contributed by atoms with Crippen molar-refractivity contribution in [1.29, 1.82) is 0 Å². The highest BCUT2D eigenvalue weighted by Crippen LogP contribution is 2.33. The Morgan fingerprint density at radius 3 is 2.12 bits per heavy atom. The van der Waals surface area contributed by atoms with E-state index in [4.69, 9.17) is 9.97 Å². The first-order valence-electron chi connectivity index (χ1n) is 8.29. The molecule has 0 atom stereocenters. The van der Waals surface area contributed by atoms with E-state index < -0.39 is 0 Å². The number of aromatic nitrogens is 2. The maximum absolute atomic E-state index is 4.95. The predicted octanol–water partition coefficient (Wildman–Crippen LogP) is 5.75. The van der Waals surface area contributed by atoms with Crippen LogP contribution >= 0.6 is 0 Å². The summed E-state index contributed by atoms with van der Waals surface area (Å²) >= 11 is 0. The zero-order valence-corrected chi connectivity index (χ0v) is 14.2. The average molecular weight is 312 g/mol. The van der Waals surface area contributed by atoms with E-state index in [1.54, 1.807) is 0 Å². The summed E-state index contributed by atoms with van der Waals surface area (Å²) in [5.74, 6) is 0.880. The SMILES string of the molecule is CC(C)(C)c1nc(-c2ccccc2)c2ccc3ccccc3c2n1. The molecule has 0 saturated heterocycles. The van der Waals surface area contributed by atoms with Crippen LogP contribution in [-0.4, -0.2) is 9.97 Å². The molecule has 1 heterocycles. The molecule has 0 bridgehead atoms. The van der Waals surface area contributed by atoms with E-state index in [2.05, 4.69) is 81.4 Å². The van der Waals surface area contributed by atoms with Crippen LogP contribution in [0.3, 0.4) is 0 Å². The quantitative estimate of drug-likeness (QED) is 0.418. The first kappa shape index (κ1) is 14.8. The van der Waals surface area contributed by atoms with Gasteiger partial charge in [0.1, 0.15) is 5.82 Å². The Labute approximate surface area is 142 Å². The lowest BCUT2D eigenvalue weighted by Gasteiger charge is -2.19. The van der Waals surface area contributed by atoms with Crippen LogP contribution in [-0.2, 0) is 5.41 Å². The zero-order chi connectivity index (χ0) is 16.7. The fourth-order valence-electron chi connectivity index (χ4n) is 3.02. The van der Waals surface area contributed by atoms with Gasteiger partial charge >= 0.3 is 0 Å². The van der Waals surface area contributed by atoms with Gasteiger partial charge in [-0.3, -0.25) is 0 Å².